The summed E-state index contributed by atoms with van der Waals surface area (Å²) in [6.07, 6.45) is 0. The van der Waals surface area contributed by atoms with Crippen molar-refractivity contribution in [1.82, 2.24) is 4.98 Å². The molecule has 184 valence electrons. The van der Waals surface area contributed by atoms with Gasteiger partial charge in [0.25, 0.3) is 5.91 Å². The van der Waals surface area contributed by atoms with Gasteiger partial charge in [0, 0.05) is 0 Å². The molecule has 0 saturated heterocycles. The van der Waals surface area contributed by atoms with Gasteiger partial charge in [-0.1, -0.05) is 17.4 Å². The van der Waals surface area contributed by atoms with Gasteiger partial charge in [-0.25, -0.2) is 4.98 Å². The first-order chi connectivity index (χ1) is 17.3. The number of rotatable bonds is 7. The highest BCUT2D eigenvalue weighted by Crippen LogP contribution is 2.46. The zero-order chi connectivity index (χ0) is 25.6. The quantitative estimate of drug-likeness (QED) is 0.332. The summed E-state index contributed by atoms with van der Waals surface area (Å²) in [5.41, 5.74) is 0.911. The number of aromatic hydroxyl groups is 1. The molecule has 0 radical (unpaired) electrons. The summed E-state index contributed by atoms with van der Waals surface area (Å²) in [6, 6.07) is 11.9. The number of benzene rings is 2. The number of phenols is 1. The van der Waals surface area contributed by atoms with Crippen LogP contribution in [-0.2, 0) is 4.79 Å². The molecule has 1 atom stereocenters. The van der Waals surface area contributed by atoms with E-state index in [4.69, 9.17) is 13.9 Å². The standard InChI is InChI=1S/C26H22N2O7S/c1-4-34-15-7-8-16-20(12-15)36-26(27-16)28-22(14-6-9-17(29)19(11-14)33-3)21(24(31)25(28)32)23(30)18-10-5-13(2)35-18/h5-12,22,29,31H,4H2,1-3H3. The fourth-order valence-corrected chi connectivity index (χ4v) is 5.18. The lowest BCUT2D eigenvalue weighted by molar-refractivity contribution is -0.117. The predicted molar refractivity (Wildman–Crippen MR) is 133 cm³/mol. The smallest absolute Gasteiger partial charge is 0.296 e. The summed E-state index contributed by atoms with van der Waals surface area (Å²) in [5, 5.41) is 21.3. The first kappa shape index (κ1) is 23.4. The molecule has 1 aliphatic rings. The van der Waals surface area contributed by atoms with Crippen LogP contribution in [0.15, 0.2) is 64.3 Å². The Hall–Kier alpha value is -4.31. The molecular formula is C26H22N2O7S. The van der Waals surface area contributed by atoms with E-state index < -0.39 is 23.5 Å². The lowest BCUT2D eigenvalue weighted by atomic mass is 9.95. The average Bonchev–Trinajstić information content (AvgIpc) is 3.55. The third-order valence-corrected chi connectivity index (χ3v) is 6.82. The number of aryl methyl sites for hydroxylation is 1. The molecule has 0 spiro atoms. The highest BCUT2D eigenvalue weighted by atomic mass is 32.1. The second-order valence-corrected chi connectivity index (χ2v) is 9.08. The van der Waals surface area contributed by atoms with Gasteiger partial charge in [0.1, 0.15) is 11.5 Å². The van der Waals surface area contributed by atoms with Crippen molar-refractivity contribution < 1.29 is 33.7 Å². The van der Waals surface area contributed by atoms with Gasteiger partial charge in [0.2, 0.25) is 5.78 Å². The summed E-state index contributed by atoms with van der Waals surface area (Å²) in [6.45, 7) is 4.08. The molecule has 1 unspecified atom stereocenters. The number of hydrogen-bond acceptors (Lipinski definition) is 9. The summed E-state index contributed by atoms with van der Waals surface area (Å²) < 4.78 is 17.1. The zero-order valence-corrected chi connectivity index (χ0v) is 20.5. The van der Waals surface area contributed by atoms with Crippen LogP contribution in [0.4, 0.5) is 5.13 Å². The number of carbonyl (C=O) groups is 2. The number of Topliss-reactive ketones (excluding diaryl/α,β-unsaturated/α-hetero) is 1. The van der Waals surface area contributed by atoms with Crippen molar-refractivity contribution in [2.24, 2.45) is 0 Å². The van der Waals surface area contributed by atoms with Gasteiger partial charge in [0.15, 0.2) is 28.1 Å². The molecule has 0 fully saturated rings. The van der Waals surface area contributed by atoms with E-state index in [0.717, 1.165) is 4.70 Å². The largest absolute Gasteiger partial charge is 0.504 e. The monoisotopic (exact) mass is 506 g/mol. The third kappa shape index (κ3) is 3.85. The molecular weight excluding hydrogens is 484 g/mol. The predicted octanol–water partition coefficient (Wildman–Crippen LogP) is 5.09. The topological polar surface area (TPSA) is 122 Å². The number of methoxy groups -OCH3 is 1. The van der Waals surface area contributed by atoms with E-state index in [-0.39, 0.29) is 28.0 Å². The number of aliphatic hydroxyl groups excluding tert-OH is 1. The number of ether oxygens (including phenoxy) is 2. The van der Waals surface area contributed by atoms with Gasteiger partial charge in [-0.05, 0) is 61.9 Å². The Balaban J connectivity index is 1.67. The SMILES string of the molecule is CCOc1ccc2nc(N3C(=O)C(O)=C(C(=O)c4ccc(C)o4)C3c3ccc(O)c(OC)c3)sc2c1. The lowest BCUT2D eigenvalue weighted by Crippen LogP contribution is -2.31. The second kappa shape index (κ2) is 9.04. The van der Waals surface area contributed by atoms with Crippen LogP contribution >= 0.6 is 11.3 Å². The van der Waals surface area contributed by atoms with Gasteiger partial charge >= 0.3 is 0 Å². The van der Waals surface area contributed by atoms with E-state index >= 15 is 0 Å². The third-order valence-electron chi connectivity index (χ3n) is 5.80. The number of aromatic nitrogens is 1. The molecule has 0 saturated carbocycles. The number of anilines is 1. The van der Waals surface area contributed by atoms with Crippen molar-refractivity contribution in [3.63, 3.8) is 0 Å². The van der Waals surface area contributed by atoms with Gasteiger partial charge in [-0.3, -0.25) is 14.5 Å². The number of phenolic OH excluding ortho intramolecular Hbond substituents is 1. The van der Waals surface area contributed by atoms with Crippen LogP contribution in [0.2, 0.25) is 0 Å². The summed E-state index contributed by atoms with van der Waals surface area (Å²) in [5.74, 6) is -0.890. The van der Waals surface area contributed by atoms with Crippen molar-refractivity contribution in [3.8, 4) is 17.2 Å². The van der Waals surface area contributed by atoms with Crippen LogP contribution in [0.1, 0.15) is 34.8 Å². The van der Waals surface area contributed by atoms with E-state index in [1.165, 1.54) is 41.5 Å². The molecule has 4 aromatic rings. The highest BCUT2D eigenvalue weighted by Gasteiger charge is 2.46. The zero-order valence-electron chi connectivity index (χ0n) is 19.6. The van der Waals surface area contributed by atoms with Gasteiger partial charge in [-0.2, -0.15) is 0 Å². The van der Waals surface area contributed by atoms with Crippen LogP contribution in [-0.4, -0.2) is 40.6 Å². The fourth-order valence-electron chi connectivity index (χ4n) is 4.16. The summed E-state index contributed by atoms with van der Waals surface area (Å²) in [4.78, 5) is 32.8. The van der Waals surface area contributed by atoms with E-state index in [0.29, 0.717) is 29.2 Å². The summed E-state index contributed by atoms with van der Waals surface area (Å²) >= 11 is 1.23. The fraction of sp³-hybridized carbons (Fsp3) is 0.192. The second-order valence-electron chi connectivity index (χ2n) is 8.07. The Morgan fingerprint density at radius 2 is 1.97 bits per heavy atom. The number of amides is 1. The Labute approximate surface area is 209 Å². The highest BCUT2D eigenvalue weighted by molar-refractivity contribution is 7.22. The van der Waals surface area contributed by atoms with E-state index in [1.807, 2.05) is 13.0 Å². The molecule has 10 heteroatoms. The number of thiazole rings is 1. The van der Waals surface area contributed by atoms with Gasteiger partial charge in [-0.15, -0.1) is 0 Å². The number of nitrogens with zero attached hydrogens (tertiary/aromatic N) is 2. The number of hydrogen-bond donors (Lipinski definition) is 2. The van der Waals surface area contributed by atoms with E-state index in [2.05, 4.69) is 4.98 Å². The Morgan fingerprint density at radius 3 is 2.67 bits per heavy atom. The maximum atomic E-state index is 13.5. The minimum absolute atomic E-state index is 0.00917. The first-order valence-electron chi connectivity index (χ1n) is 11.1. The van der Waals surface area contributed by atoms with Crippen molar-refractivity contribution >= 4 is 38.4 Å². The van der Waals surface area contributed by atoms with Crippen LogP contribution in [0, 0.1) is 6.92 Å². The van der Waals surface area contributed by atoms with Crippen molar-refractivity contribution in [3.05, 3.63) is 76.9 Å². The molecule has 2 aromatic heterocycles. The lowest BCUT2D eigenvalue weighted by Gasteiger charge is -2.24. The molecule has 0 aliphatic carbocycles. The normalized spacial score (nSPS) is 15.7. The minimum atomic E-state index is -1.04. The molecule has 3 heterocycles. The molecule has 1 amide bonds. The molecule has 5 rings (SSSR count). The van der Waals surface area contributed by atoms with Gasteiger partial charge in [0.05, 0.1) is 35.5 Å². The summed E-state index contributed by atoms with van der Waals surface area (Å²) in [7, 11) is 1.39. The molecule has 36 heavy (non-hydrogen) atoms. The molecule has 0 bridgehead atoms. The Morgan fingerprint density at radius 1 is 1.17 bits per heavy atom. The molecule has 2 N–H and O–H groups in total. The van der Waals surface area contributed by atoms with Crippen molar-refractivity contribution in [2.45, 2.75) is 19.9 Å². The number of ketones is 1. The first-order valence-corrected chi connectivity index (χ1v) is 11.9. The van der Waals surface area contributed by atoms with Crippen LogP contribution in [0.3, 0.4) is 0 Å². The van der Waals surface area contributed by atoms with Crippen LogP contribution < -0.4 is 14.4 Å². The van der Waals surface area contributed by atoms with Gasteiger partial charge < -0.3 is 24.1 Å². The van der Waals surface area contributed by atoms with Crippen LogP contribution in [0.25, 0.3) is 10.2 Å². The maximum Gasteiger partial charge on any atom is 0.296 e. The number of aliphatic hydroxyl groups is 1. The Bertz CT molecular complexity index is 1530. The molecule has 9 nitrogen and oxygen atoms in total. The molecule has 1 aliphatic heterocycles. The van der Waals surface area contributed by atoms with E-state index in [1.54, 1.807) is 31.2 Å². The number of fused-ring (bicyclic) bond motifs is 1. The maximum absolute atomic E-state index is 13.5. The number of carbonyl (C=O) groups excluding carboxylic acids is 2. The van der Waals surface area contributed by atoms with E-state index in [9.17, 15) is 19.8 Å². The molecule has 2 aromatic carbocycles. The van der Waals surface area contributed by atoms with Crippen molar-refractivity contribution in [1.29, 1.82) is 0 Å². The number of furan rings is 1. The van der Waals surface area contributed by atoms with Crippen LogP contribution in [0.5, 0.6) is 17.2 Å². The minimum Gasteiger partial charge on any atom is -0.504 e. The average molecular weight is 507 g/mol. The Kier molecular flexibility index (Phi) is 5.89. The van der Waals surface area contributed by atoms with Crippen molar-refractivity contribution in [2.75, 3.05) is 18.6 Å².